The number of fused-ring (bicyclic) bond motifs is 2. The van der Waals surface area contributed by atoms with E-state index in [1.807, 2.05) is 30.0 Å². The molecule has 3 aromatic carbocycles. The zero-order valence-corrected chi connectivity index (χ0v) is 17.2. The molecule has 3 aromatic rings. The van der Waals surface area contributed by atoms with Crippen molar-refractivity contribution >= 4 is 23.4 Å². The second-order valence-electron chi connectivity index (χ2n) is 7.68. The van der Waals surface area contributed by atoms with Crippen LogP contribution in [0.15, 0.2) is 77.7 Å². The van der Waals surface area contributed by atoms with Gasteiger partial charge in [-0.1, -0.05) is 60.7 Å². The summed E-state index contributed by atoms with van der Waals surface area (Å²) in [5.41, 5.74) is 5.68. The van der Waals surface area contributed by atoms with Gasteiger partial charge < -0.3 is 9.64 Å². The van der Waals surface area contributed by atoms with E-state index in [1.165, 1.54) is 28.7 Å². The lowest BCUT2D eigenvalue weighted by Crippen LogP contribution is -2.26. The number of ether oxygens (including phenoxy) is 1. The quantitative estimate of drug-likeness (QED) is 0.555. The summed E-state index contributed by atoms with van der Waals surface area (Å²) in [6, 6.07) is 25.3. The molecule has 2 aliphatic rings. The van der Waals surface area contributed by atoms with Gasteiger partial charge >= 0.3 is 5.97 Å². The molecule has 0 bridgehead atoms. The molecule has 0 N–H and O–H groups in total. The van der Waals surface area contributed by atoms with Crippen molar-refractivity contribution in [2.24, 2.45) is 0 Å². The minimum Gasteiger partial charge on any atom is -0.465 e. The Balaban J connectivity index is 1.52. The lowest BCUT2D eigenvalue weighted by Gasteiger charge is -2.23. The van der Waals surface area contributed by atoms with Crippen LogP contribution in [0.25, 0.3) is 0 Å². The van der Waals surface area contributed by atoms with Gasteiger partial charge in [-0.05, 0) is 35.2 Å². The van der Waals surface area contributed by atoms with Crippen molar-refractivity contribution in [2.75, 3.05) is 18.6 Å². The summed E-state index contributed by atoms with van der Waals surface area (Å²) in [6.07, 6.45) is 1.08. The normalized spacial score (nSPS) is 19.7. The number of para-hydroxylation sites is 1. The maximum absolute atomic E-state index is 12.5. The van der Waals surface area contributed by atoms with Crippen molar-refractivity contribution in [1.29, 1.82) is 0 Å². The Bertz CT molecular complexity index is 1020. The van der Waals surface area contributed by atoms with Gasteiger partial charge in [-0.2, -0.15) is 0 Å². The van der Waals surface area contributed by atoms with Crippen LogP contribution in [-0.2, 0) is 17.7 Å². The zero-order chi connectivity index (χ0) is 19.8. The first kappa shape index (κ1) is 18.3. The third-order valence-electron chi connectivity index (χ3n) is 5.94. The molecule has 3 nitrogen and oxygen atoms in total. The summed E-state index contributed by atoms with van der Waals surface area (Å²) in [4.78, 5) is 16.3. The van der Waals surface area contributed by atoms with E-state index in [0.29, 0.717) is 16.7 Å². The fraction of sp³-hybridized carbons (Fsp3) is 0.240. The maximum atomic E-state index is 12.5. The van der Waals surface area contributed by atoms with Gasteiger partial charge in [0, 0.05) is 29.2 Å². The Morgan fingerprint density at radius 2 is 1.83 bits per heavy atom. The zero-order valence-electron chi connectivity index (χ0n) is 16.4. The number of hydrogen-bond donors (Lipinski definition) is 0. The van der Waals surface area contributed by atoms with Gasteiger partial charge in [-0.25, -0.2) is 4.79 Å². The van der Waals surface area contributed by atoms with Crippen LogP contribution < -0.4 is 4.90 Å². The predicted molar refractivity (Wildman–Crippen MR) is 118 cm³/mol. The number of carbonyl (C=O) groups is 1. The average molecular weight is 402 g/mol. The molecule has 0 fully saturated rings. The van der Waals surface area contributed by atoms with Crippen molar-refractivity contribution < 1.29 is 9.53 Å². The lowest BCUT2D eigenvalue weighted by atomic mass is 9.92. The predicted octanol–water partition coefficient (Wildman–Crippen LogP) is 5.29. The fourth-order valence-electron chi connectivity index (χ4n) is 4.61. The maximum Gasteiger partial charge on any atom is 0.339 e. The van der Waals surface area contributed by atoms with Gasteiger partial charge in [0.15, 0.2) is 0 Å². The molecule has 2 unspecified atom stereocenters. The molecular formula is C25H23NO2S. The van der Waals surface area contributed by atoms with E-state index in [-0.39, 0.29) is 5.97 Å². The minimum absolute atomic E-state index is 0.261. The number of anilines is 1. The third kappa shape index (κ3) is 3.32. The third-order valence-corrected chi connectivity index (χ3v) is 7.39. The van der Waals surface area contributed by atoms with E-state index in [9.17, 15) is 4.79 Å². The van der Waals surface area contributed by atoms with E-state index in [4.69, 9.17) is 4.74 Å². The van der Waals surface area contributed by atoms with Gasteiger partial charge in [0.25, 0.3) is 0 Å². The summed E-state index contributed by atoms with van der Waals surface area (Å²) in [7, 11) is 1.46. The van der Waals surface area contributed by atoms with E-state index in [2.05, 4.69) is 59.5 Å². The van der Waals surface area contributed by atoms with Crippen molar-refractivity contribution in [1.82, 2.24) is 0 Å². The van der Waals surface area contributed by atoms with Crippen LogP contribution in [0.4, 0.5) is 5.69 Å². The first-order valence-corrected chi connectivity index (χ1v) is 10.9. The molecule has 29 heavy (non-hydrogen) atoms. The Hall–Kier alpha value is -2.72. The highest BCUT2D eigenvalue weighted by Gasteiger charge is 2.39. The van der Waals surface area contributed by atoms with Gasteiger partial charge in [0.2, 0.25) is 0 Å². The summed E-state index contributed by atoms with van der Waals surface area (Å²) in [5.74, 6) is 0.124. The molecule has 146 valence electrons. The van der Waals surface area contributed by atoms with E-state index >= 15 is 0 Å². The number of esters is 1. The number of nitrogens with zero attached hydrogens (tertiary/aromatic N) is 1. The van der Waals surface area contributed by atoms with E-state index in [1.54, 1.807) is 0 Å². The standard InChI is InChI=1S/C25H23NO2S/c1-28-25(27)20-12-7-11-19-21(23-14-18-10-5-6-13-22(18)29-23)16-26(24(19)20)15-17-8-3-2-4-9-17/h2-13,21,23H,14-16H2,1H3. The van der Waals surface area contributed by atoms with Crippen LogP contribution in [0.5, 0.6) is 0 Å². The molecule has 5 rings (SSSR count). The van der Waals surface area contributed by atoms with E-state index < -0.39 is 0 Å². The number of rotatable bonds is 4. The minimum atomic E-state index is -0.261. The molecule has 4 heteroatoms. The Kier molecular flexibility index (Phi) is 4.80. The van der Waals surface area contributed by atoms with Gasteiger partial charge in [0.1, 0.15) is 0 Å². The lowest BCUT2D eigenvalue weighted by molar-refractivity contribution is 0.0601. The highest BCUT2D eigenvalue weighted by atomic mass is 32.2. The van der Waals surface area contributed by atoms with Crippen molar-refractivity contribution in [3.63, 3.8) is 0 Å². The molecule has 0 saturated carbocycles. The molecule has 2 heterocycles. The first-order valence-electron chi connectivity index (χ1n) is 9.99. The number of thioether (sulfide) groups is 1. The topological polar surface area (TPSA) is 29.5 Å². The van der Waals surface area contributed by atoms with Crippen LogP contribution in [0.3, 0.4) is 0 Å². The SMILES string of the molecule is COC(=O)c1cccc2c1N(Cc1ccccc1)CC2C1Cc2ccccc2S1. The molecule has 0 aliphatic carbocycles. The van der Waals surface area contributed by atoms with Crippen LogP contribution in [-0.4, -0.2) is 24.9 Å². The number of benzene rings is 3. The van der Waals surface area contributed by atoms with Crippen molar-refractivity contribution in [2.45, 2.75) is 29.0 Å². The van der Waals surface area contributed by atoms with Gasteiger partial charge in [0.05, 0.1) is 18.4 Å². The number of methoxy groups -OCH3 is 1. The summed E-state index contributed by atoms with van der Waals surface area (Å²) in [5, 5.41) is 0.486. The van der Waals surface area contributed by atoms with Gasteiger partial charge in [-0.15, -0.1) is 11.8 Å². The summed E-state index contributed by atoms with van der Waals surface area (Å²) < 4.78 is 5.10. The van der Waals surface area contributed by atoms with Crippen LogP contribution in [0, 0.1) is 0 Å². The fourth-order valence-corrected chi connectivity index (χ4v) is 6.06. The monoisotopic (exact) mass is 401 g/mol. The highest BCUT2D eigenvalue weighted by Crippen LogP contribution is 2.49. The molecular weight excluding hydrogens is 378 g/mol. The van der Waals surface area contributed by atoms with Gasteiger partial charge in [-0.3, -0.25) is 0 Å². The first-order chi connectivity index (χ1) is 14.2. The van der Waals surface area contributed by atoms with E-state index in [0.717, 1.165) is 25.2 Å². The molecule has 0 spiro atoms. The summed E-state index contributed by atoms with van der Waals surface area (Å²) in [6.45, 7) is 1.71. The Labute approximate surface area is 175 Å². The second kappa shape index (κ2) is 7.60. The number of hydrogen-bond acceptors (Lipinski definition) is 4. The molecule has 0 aromatic heterocycles. The molecule has 2 aliphatic heterocycles. The number of carbonyl (C=O) groups excluding carboxylic acids is 1. The average Bonchev–Trinajstić information content (AvgIpc) is 3.35. The molecule has 0 amide bonds. The van der Waals surface area contributed by atoms with Crippen LogP contribution in [0.1, 0.15) is 33.0 Å². The Morgan fingerprint density at radius 1 is 1.03 bits per heavy atom. The van der Waals surface area contributed by atoms with Crippen LogP contribution in [0.2, 0.25) is 0 Å². The molecule has 2 atom stereocenters. The largest absolute Gasteiger partial charge is 0.465 e. The van der Waals surface area contributed by atoms with Crippen molar-refractivity contribution in [3.8, 4) is 0 Å². The summed E-state index contributed by atoms with van der Waals surface area (Å²) >= 11 is 1.98. The second-order valence-corrected chi connectivity index (χ2v) is 8.96. The molecule has 0 radical (unpaired) electrons. The molecule has 0 saturated heterocycles. The Morgan fingerprint density at radius 3 is 2.62 bits per heavy atom. The smallest absolute Gasteiger partial charge is 0.339 e. The highest BCUT2D eigenvalue weighted by molar-refractivity contribution is 8.00. The van der Waals surface area contributed by atoms with Crippen molar-refractivity contribution in [3.05, 3.63) is 95.1 Å². The van der Waals surface area contributed by atoms with Crippen LogP contribution >= 0.6 is 11.8 Å².